The number of rotatable bonds is 5. The molecule has 1 nitrogen and oxygen atoms in total. The van der Waals surface area contributed by atoms with E-state index in [1.165, 1.54) is 10.5 Å². The SMILES string of the molecule is CNCc1cccc(Cl)c1SCC(C)C. The van der Waals surface area contributed by atoms with Crippen LogP contribution in [0.3, 0.4) is 0 Å². The number of nitrogens with one attached hydrogen (secondary N) is 1. The monoisotopic (exact) mass is 243 g/mol. The summed E-state index contributed by atoms with van der Waals surface area (Å²) in [6, 6.07) is 6.10. The number of halogens is 1. The van der Waals surface area contributed by atoms with E-state index in [0.717, 1.165) is 17.3 Å². The highest BCUT2D eigenvalue weighted by Gasteiger charge is 2.07. The molecule has 1 N–H and O–H groups in total. The van der Waals surface area contributed by atoms with E-state index < -0.39 is 0 Å². The third kappa shape index (κ3) is 4.06. The number of thioether (sulfide) groups is 1. The van der Waals surface area contributed by atoms with Gasteiger partial charge in [-0.05, 0) is 24.6 Å². The van der Waals surface area contributed by atoms with E-state index in [-0.39, 0.29) is 0 Å². The molecule has 0 fully saturated rings. The van der Waals surface area contributed by atoms with E-state index in [1.54, 1.807) is 0 Å². The van der Waals surface area contributed by atoms with Crippen molar-refractivity contribution in [3.8, 4) is 0 Å². The van der Waals surface area contributed by atoms with E-state index in [9.17, 15) is 0 Å². The van der Waals surface area contributed by atoms with Crippen LogP contribution < -0.4 is 5.32 Å². The first kappa shape index (κ1) is 12.9. The standard InChI is InChI=1S/C12H18ClNS/c1-9(2)8-15-12-10(7-14-3)5-4-6-11(12)13/h4-6,9,14H,7-8H2,1-3H3. The summed E-state index contributed by atoms with van der Waals surface area (Å²) < 4.78 is 0. The molecule has 0 saturated heterocycles. The molecule has 1 aromatic rings. The molecule has 0 aliphatic carbocycles. The topological polar surface area (TPSA) is 12.0 Å². The lowest BCUT2D eigenvalue weighted by atomic mass is 10.2. The molecule has 0 amide bonds. The van der Waals surface area contributed by atoms with Gasteiger partial charge in [0.1, 0.15) is 0 Å². The van der Waals surface area contributed by atoms with Crippen molar-refractivity contribution in [1.82, 2.24) is 5.32 Å². The molecule has 1 rings (SSSR count). The molecule has 0 aromatic heterocycles. The molecule has 0 aliphatic heterocycles. The average molecular weight is 244 g/mol. The molecular formula is C12H18ClNS. The Labute approximate surface area is 102 Å². The second-order valence-electron chi connectivity index (χ2n) is 3.96. The van der Waals surface area contributed by atoms with Crippen molar-refractivity contribution >= 4 is 23.4 Å². The summed E-state index contributed by atoms with van der Waals surface area (Å²) in [5.41, 5.74) is 1.29. The van der Waals surface area contributed by atoms with Crippen LogP contribution in [0.2, 0.25) is 5.02 Å². The van der Waals surface area contributed by atoms with Crippen LogP contribution in [0.25, 0.3) is 0 Å². The number of hydrogen-bond acceptors (Lipinski definition) is 2. The quantitative estimate of drug-likeness (QED) is 0.790. The van der Waals surface area contributed by atoms with Gasteiger partial charge in [-0.2, -0.15) is 0 Å². The van der Waals surface area contributed by atoms with Gasteiger partial charge in [0.05, 0.1) is 5.02 Å². The Morgan fingerprint density at radius 3 is 2.73 bits per heavy atom. The molecule has 0 saturated carbocycles. The first-order valence-electron chi connectivity index (χ1n) is 5.20. The Morgan fingerprint density at radius 2 is 2.13 bits per heavy atom. The summed E-state index contributed by atoms with van der Waals surface area (Å²) in [7, 11) is 1.96. The Hall–Kier alpha value is -0.180. The highest BCUT2D eigenvalue weighted by atomic mass is 35.5. The normalized spacial score (nSPS) is 11.0. The fraction of sp³-hybridized carbons (Fsp3) is 0.500. The maximum absolute atomic E-state index is 6.20. The molecule has 0 atom stereocenters. The van der Waals surface area contributed by atoms with Crippen molar-refractivity contribution in [2.24, 2.45) is 5.92 Å². The zero-order valence-electron chi connectivity index (χ0n) is 9.51. The van der Waals surface area contributed by atoms with Gasteiger partial charge in [-0.3, -0.25) is 0 Å². The number of hydrogen-bond donors (Lipinski definition) is 1. The van der Waals surface area contributed by atoms with Gasteiger partial charge in [-0.25, -0.2) is 0 Å². The Morgan fingerprint density at radius 1 is 1.40 bits per heavy atom. The lowest BCUT2D eigenvalue weighted by Gasteiger charge is -2.11. The van der Waals surface area contributed by atoms with Crippen LogP contribution in [0.1, 0.15) is 19.4 Å². The maximum atomic E-state index is 6.20. The van der Waals surface area contributed by atoms with Gasteiger partial charge in [0.2, 0.25) is 0 Å². The molecule has 0 bridgehead atoms. The molecule has 0 heterocycles. The van der Waals surface area contributed by atoms with E-state index in [1.807, 2.05) is 30.9 Å². The zero-order valence-corrected chi connectivity index (χ0v) is 11.1. The molecule has 84 valence electrons. The summed E-state index contributed by atoms with van der Waals surface area (Å²) >= 11 is 8.05. The third-order valence-corrected chi connectivity index (χ3v) is 4.01. The van der Waals surface area contributed by atoms with E-state index >= 15 is 0 Å². The van der Waals surface area contributed by atoms with Crippen LogP contribution in [0.5, 0.6) is 0 Å². The minimum atomic E-state index is 0.689. The van der Waals surface area contributed by atoms with Crippen molar-refractivity contribution in [3.63, 3.8) is 0 Å². The number of benzene rings is 1. The molecule has 0 spiro atoms. The van der Waals surface area contributed by atoms with Crippen LogP contribution in [-0.2, 0) is 6.54 Å². The van der Waals surface area contributed by atoms with Gasteiger partial charge < -0.3 is 5.32 Å². The van der Waals surface area contributed by atoms with Gasteiger partial charge >= 0.3 is 0 Å². The van der Waals surface area contributed by atoms with Crippen molar-refractivity contribution in [2.75, 3.05) is 12.8 Å². The molecular weight excluding hydrogens is 226 g/mol. The fourth-order valence-corrected chi connectivity index (χ4v) is 2.68. The molecule has 0 unspecified atom stereocenters. The highest BCUT2D eigenvalue weighted by Crippen LogP contribution is 2.31. The Kier molecular flexibility index (Phi) is 5.51. The second-order valence-corrected chi connectivity index (χ2v) is 5.40. The van der Waals surface area contributed by atoms with E-state index in [2.05, 4.69) is 25.2 Å². The second kappa shape index (κ2) is 6.41. The smallest absolute Gasteiger partial charge is 0.0545 e. The van der Waals surface area contributed by atoms with E-state index in [4.69, 9.17) is 11.6 Å². The van der Waals surface area contributed by atoms with Crippen LogP contribution in [0.4, 0.5) is 0 Å². The minimum absolute atomic E-state index is 0.689. The fourth-order valence-electron chi connectivity index (χ4n) is 1.29. The molecule has 15 heavy (non-hydrogen) atoms. The average Bonchev–Trinajstić information content (AvgIpc) is 2.17. The molecule has 1 aromatic carbocycles. The first-order chi connectivity index (χ1) is 7.15. The summed E-state index contributed by atoms with van der Waals surface area (Å²) in [6.45, 7) is 5.32. The molecule has 0 aliphatic rings. The molecule has 0 radical (unpaired) electrons. The van der Waals surface area contributed by atoms with Gasteiger partial charge in [-0.1, -0.05) is 37.6 Å². The predicted molar refractivity (Wildman–Crippen MR) is 69.8 cm³/mol. The Bertz CT molecular complexity index is 312. The predicted octanol–water partition coefficient (Wildman–Crippen LogP) is 3.81. The van der Waals surface area contributed by atoms with Crippen molar-refractivity contribution < 1.29 is 0 Å². The Balaban J connectivity index is 2.81. The minimum Gasteiger partial charge on any atom is -0.316 e. The summed E-state index contributed by atoms with van der Waals surface area (Å²) in [6.07, 6.45) is 0. The lowest BCUT2D eigenvalue weighted by molar-refractivity contribution is 0.749. The van der Waals surface area contributed by atoms with Crippen molar-refractivity contribution in [3.05, 3.63) is 28.8 Å². The third-order valence-electron chi connectivity index (χ3n) is 1.98. The van der Waals surface area contributed by atoms with Crippen LogP contribution in [0.15, 0.2) is 23.1 Å². The van der Waals surface area contributed by atoms with Crippen LogP contribution in [0, 0.1) is 5.92 Å². The van der Waals surface area contributed by atoms with Gasteiger partial charge in [0, 0.05) is 17.2 Å². The van der Waals surface area contributed by atoms with Crippen molar-refractivity contribution in [2.45, 2.75) is 25.3 Å². The molecule has 3 heteroatoms. The summed E-state index contributed by atoms with van der Waals surface area (Å²) in [4.78, 5) is 1.22. The van der Waals surface area contributed by atoms with Crippen LogP contribution >= 0.6 is 23.4 Å². The summed E-state index contributed by atoms with van der Waals surface area (Å²) in [5.74, 6) is 1.80. The van der Waals surface area contributed by atoms with Gasteiger partial charge in [0.15, 0.2) is 0 Å². The van der Waals surface area contributed by atoms with Crippen molar-refractivity contribution in [1.29, 1.82) is 0 Å². The van der Waals surface area contributed by atoms with Gasteiger partial charge in [-0.15, -0.1) is 11.8 Å². The largest absolute Gasteiger partial charge is 0.316 e. The van der Waals surface area contributed by atoms with Gasteiger partial charge in [0.25, 0.3) is 0 Å². The van der Waals surface area contributed by atoms with Crippen LogP contribution in [-0.4, -0.2) is 12.8 Å². The first-order valence-corrected chi connectivity index (χ1v) is 6.56. The lowest BCUT2D eigenvalue weighted by Crippen LogP contribution is -2.06. The summed E-state index contributed by atoms with van der Waals surface area (Å²) in [5, 5.41) is 4.04. The maximum Gasteiger partial charge on any atom is 0.0545 e. The zero-order chi connectivity index (χ0) is 11.3. The van der Waals surface area contributed by atoms with E-state index in [0.29, 0.717) is 5.92 Å². The highest BCUT2D eigenvalue weighted by molar-refractivity contribution is 7.99.